The Kier molecular flexibility index (Phi) is 6.52. The number of para-hydroxylation sites is 2. The summed E-state index contributed by atoms with van der Waals surface area (Å²) in [5.74, 6) is 2.15. The van der Waals surface area contributed by atoms with E-state index in [1.54, 1.807) is 0 Å². The second-order valence-electron chi connectivity index (χ2n) is 11.0. The summed E-state index contributed by atoms with van der Waals surface area (Å²) in [5.41, 5.74) is 2.73. The third-order valence-corrected chi connectivity index (χ3v) is 13.4. The molecule has 6 aromatic carbocycles. The van der Waals surface area contributed by atoms with Gasteiger partial charge in [0.1, 0.15) is 11.5 Å². The van der Waals surface area contributed by atoms with E-state index in [1.165, 1.54) is 43.0 Å². The van der Waals surface area contributed by atoms with Crippen molar-refractivity contribution in [3.63, 3.8) is 0 Å². The van der Waals surface area contributed by atoms with Crippen molar-refractivity contribution in [2.24, 2.45) is 0 Å². The normalized spacial score (nSPS) is 14.3. The zero-order valence-corrected chi connectivity index (χ0v) is 25.0. The van der Waals surface area contributed by atoms with Crippen LogP contribution in [0.15, 0.2) is 158 Å². The molecule has 0 aromatic heterocycles. The average Bonchev–Trinajstić information content (AvgIpc) is 3.86. The quantitative estimate of drug-likeness (QED) is 0.188. The van der Waals surface area contributed by atoms with Crippen molar-refractivity contribution in [2.75, 3.05) is 0 Å². The molecule has 0 amide bonds. The van der Waals surface area contributed by atoms with Crippen LogP contribution in [0, 0.1) is 0 Å². The van der Waals surface area contributed by atoms with Crippen molar-refractivity contribution in [2.45, 2.75) is 18.3 Å². The molecular formula is C39H30OP2. The molecule has 0 N–H and O–H groups in total. The Morgan fingerprint density at radius 1 is 0.381 bits per heavy atom. The summed E-state index contributed by atoms with van der Waals surface area (Å²) in [7, 11) is -1.59. The third-order valence-electron chi connectivity index (χ3n) is 8.51. The number of rotatable bonds is 6. The second kappa shape index (κ2) is 10.7. The fraction of sp³-hybridized carbons (Fsp3) is 0.0769. The fourth-order valence-corrected chi connectivity index (χ4v) is 11.2. The monoisotopic (exact) mass is 576 g/mol. The highest BCUT2D eigenvalue weighted by Gasteiger charge is 2.53. The van der Waals surface area contributed by atoms with Crippen LogP contribution < -0.4 is 36.6 Å². The van der Waals surface area contributed by atoms with Gasteiger partial charge in [0.25, 0.3) is 0 Å². The highest BCUT2D eigenvalue weighted by atomic mass is 31.1. The predicted octanol–water partition coefficient (Wildman–Crippen LogP) is 7.39. The molecule has 1 fully saturated rings. The van der Waals surface area contributed by atoms with Gasteiger partial charge >= 0.3 is 0 Å². The van der Waals surface area contributed by atoms with Crippen LogP contribution in [0.2, 0.25) is 0 Å². The molecule has 6 aromatic rings. The summed E-state index contributed by atoms with van der Waals surface area (Å²) >= 11 is 0. The molecule has 0 radical (unpaired) electrons. The van der Waals surface area contributed by atoms with Gasteiger partial charge in [0.2, 0.25) is 0 Å². The highest BCUT2D eigenvalue weighted by molar-refractivity contribution is 7.80. The molecule has 1 nitrogen and oxygen atoms in total. The summed E-state index contributed by atoms with van der Waals surface area (Å²) in [5, 5.41) is 7.97. The van der Waals surface area contributed by atoms with E-state index in [4.69, 9.17) is 4.74 Å². The van der Waals surface area contributed by atoms with E-state index in [0.29, 0.717) is 0 Å². The van der Waals surface area contributed by atoms with Gasteiger partial charge < -0.3 is 4.74 Å². The summed E-state index contributed by atoms with van der Waals surface area (Å²) in [4.78, 5) is 0. The van der Waals surface area contributed by atoms with Gasteiger partial charge in [-0.25, -0.2) is 0 Å². The van der Waals surface area contributed by atoms with Gasteiger partial charge in [0.15, 0.2) is 0 Å². The van der Waals surface area contributed by atoms with E-state index < -0.39 is 15.8 Å². The lowest BCUT2D eigenvalue weighted by molar-refractivity contribution is 0.450. The Labute approximate surface area is 250 Å². The molecule has 0 atom stereocenters. The van der Waals surface area contributed by atoms with Crippen molar-refractivity contribution in [3.8, 4) is 11.5 Å². The van der Waals surface area contributed by atoms with E-state index in [0.717, 1.165) is 24.3 Å². The molecule has 0 bridgehead atoms. The van der Waals surface area contributed by atoms with Crippen LogP contribution in [-0.4, -0.2) is 0 Å². The molecule has 1 heterocycles. The molecule has 42 heavy (non-hydrogen) atoms. The first kappa shape index (κ1) is 25.7. The third kappa shape index (κ3) is 4.32. The SMILES string of the molecule is c1ccc(P(c2ccccc2)c2cccc3c2Oc2c(P(c4ccccc4)c4ccccc4)cccc2C32CC2)cc1. The molecule has 202 valence electrons. The van der Waals surface area contributed by atoms with Gasteiger partial charge in [-0.15, -0.1) is 0 Å². The second-order valence-corrected chi connectivity index (χ2v) is 15.4. The minimum atomic E-state index is -0.796. The molecule has 8 rings (SSSR count). The highest BCUT2D eigenvalue weighted by Crippen LogP contribution is 2.62. The number of hydrogen-bond donors (Lipinski definition) is 0. The van der Waals surface area contributed by atoms with Crippen molar-refractivity contribution >= 4 is 47.7 Å². The molecule has 3 heteroatoms. The maximum absolute atomic E-state index is 7.30. The van der Waals surface area contributed by atoms with E-state index in [1.807, 2.05) is 0 Å². The van der Waals surface area contributed by atoms with Crippen LogP contribution >= 0.6 is 15.8 Å². The lowest BCUT2D eigenvalue weighted by atomic mass is 9.85. The molecule has 0 saturated heterocycles. The summed E-state index contributed by atoms with van der Waals surface area (Å²) in [6.45, 7) is 0. The average molecular weight is 577 g/mol. The van der Waals surface area contributed by atoms with Crippen molar-refractivity contribution in [1.29, 1.82) is 0 Å². The van der Waals surface area contributed by atoms with Gasteiger partial charge in [-0.2, -0.15) is 0 Å². The van der Waals surface area contributed by atoms with E-state index in [2.05, 4.69) is 158 Å². The molecule has 1 saturated carbocycles. The number of benzene rings is 6. The van der Waals surface area contributed by atoms with E-state index in [9.17, 15) is 0 Å². The fourth-order valence-electron chi connectivity index (χ4n) is 6.44. The number of ether oxygens (including phenoxy) is 1. The Morgan fingerprint density at radius 3 is 1.02 bits per heavy atom. The molecule has 0 unspecified atom stereocenters. The molecular weight excluding hydrogens is 546 g/mol. The minimum absolute atomic E-state index is 0.0255. The maximum Gasteiger partial charge on any atom is 0.139 e. The Morgan fingerprint density at radius 2 is 0.714 bits per heavy atom. The standard InChI is InChI=1S/C39H30OP2/c1-5-15-29(16-6-1)41(30-17-7-2-8-18-30)35-25-13-23-33-37(35)40-38-34(39(33)27-28-39)24-14-26-36(38)42(31-19-9-3-10-20-31)32-21-11-4-12-22-32/h1-26H,27-28H2. The summed E-state index contributed by atoms with van der Waals surface area (Å²) in [6.07, 6.45) is 2.32. The van der Waals surface area contributed by atoms with Crippen LogP contribution in [0.25, 0.3) is 0 Å². The lowest BCUT2D eigenvalue weighted by Gasteiger charge is -2.34. The van der Waals surface area contributed by atoms with E-state index >= 15 is 0 Å². The topological polar surface area (TPSA) is 9.23 Å². The zero-order chi connectivity index (χ0) is 27.9. The van der Waals surface area contributed by atoms with Crippen LogP contribution in [0.5, 0.6) is 11.5 Å². The van der Waals surface area contributed by atoms with Gasteiger partial charge in [-0.05, 0) is 49.9 Å². The van der Waals surface area contributed by atoms with Crippen molar-refractivity contribution in [3.05, 3.63) is 169 Å². The van der Waals surface area contributed by atoms with Gasteiger partial charge in [0.05, 0.1) is 0 Å². The minimum Gasteiger partial charge on any atom is -0.455 e. The van der Waals surface area contributed by atoms with Crippen molar-refractivity contribution in [1.82, 2.24) is 0 Å². The van der Waals surface area contributed by atoms with Crippen LogP contribution in [0.1, 0.15) is 24.0 Å². The van der Waals surface area contributed by atoms with E-state index in [-0.39, 0.29) is 5.41 Å². The Balaban J connectivity index is 1.34. The van der Waals surface area contributed by atoms with Crippen molar-refractivity contribution < 1.29 is 4.74 Å². The molecule has 1 aliphatic carbocycles. The van der Waals surface area contributed by atoms with Gasteiger partial charge in [-0.1, -0.05) is 158 Å². The first-order valence-electron chi connectivity index (χ1n) is 14.6. The first-order chi connectivity index (χ1) is 20.8. The Hall–Kier alpha value is -4.02. The zero-order valence-electron chi connectivity index (χ0n) is 23.2. The van der Waals surface area contributed by atoms with Crippen LogP contribution in [0.4, 0.5) is 0 Å². The van der Waals surface area contributed by atoms with Crippen LogP contribution in [-0.2, 0) is 5.41 Å². The summed E-state index contributed by atoms with van der Waals surface area (Å²) in [6, 6.07) is 57.7. The smallest absolute Gasteiger partial charge is 0.139 e. The van der Waals surface area contributed by atoms with Gasteiger partial charge in [-0.3, -0.25) is 0 Å². The summed E-state index contributed by atoms with van der Waals surface area (Å²) < 4.78 is 7.30. The molecule has 2 aliphatic rings. The van der Waals surface area contributed by atoms with Gasteiger partial charge in [0, 0.05) is 27.2 Å². The maximum atomic E-state index is 7.30. The largest absolute Gasteiger partial charge is 0.455 e. The first-order valence-corrected chi connectivity index (χ1v) is 17.3. The number of fused-ring (bicyclic) bond motifs is 4. The lowest BCUT2D eigenvalue weighted by Crippen LogP contribution is -2.29. The molecule has 1 aliphatic heterocycles. The predicted molar refractivity (Wildman–Crippen MR) is 180 cm³/mol. The number of hydrogen-bond acceptors (Lipinski definition) is 1. The Bertz CT molecular complexity index is 1640. The van der Waals surface area contributed by atoms with Crippen LogP contribution in [0.3, 0.4) is 0 Å². The molecule has 1 spiro atoms.